The Labute approximate surface area is 123 Å². The molecule has 0 aliphatic carbocycles. The van der Waals surface area contributed by atoms with Crippen molar-refractivity contribution in [3.63, 3.8) is 0 Å². The minimum Gasteiger partial charge on any atom is -0.317 e. The minimum absolute atomic E-state index is 0.00236. The molecule has 2 aromatic rings. The van der Waals surface area contributed by atoms with Crippen LogP contribution in [0.5, 0.6) is 0 Å². The molecule has 1 unspecified atom stereocenters. The van der Waals surface area contributed by atoms with Gasteiger partial charge in [-0.25, -0.2) is 4.79 Å². The summed E-state index contributed by atoms with van der Waals surface area (Å²) in [4.78, 5) is 14.4. The highest BCUT2D eigenvalue weighted by Crippen LogP contribution is 2.33. The zero-order chi connectivity index (χ0) is 13.9. The maximum atomic E-state index is 12.4. The predicted molar refractivity (Wildman–Crippen MR) is 83.2 cm³/mol. The summed E-state index contributed by atoms with van der Waals surface area (Å²) < 4.78 is 0. The van der Waals surface area contributed by atoms with E-state index in [0.29, 0.717) is 0 Å². The van der Waals surface area contributed by atoms with Crippen molar-refractivity contribution in [2.24, 2.45) is 0 Å². The van der Waals surface area contributed by atoms with E-state index in [0.717, 1.165) is 25.1 Å². The molecule has 2 heterocycles. The average molecular weight is 286 g/mol. The van der Waals surface area contributed by atoms with Gasteiger partial charge in [-0.15, -0.1) is 0 Å². The third kappa shape index (κ3) is 2.70. The first-order valence-corrected chi connectivity index (χ1v) is 7.85. The number of urea groups is 1. The highest BCUT2D eigenvalue weighted by Gasteiger charge is 2.30. The van der Waals surface area contributed by atoms with Gasteiger partial charge in [0.25, 0.3) is 0 Å². The highest BCUT2D eigenvalue weighted by atomic mass is 32.1. The molecule has 1 aromatic heterocycles. The molecule has 1 N–H and O–H groups in total. The minimum atomic E-state index is 0.00236. The van der Waals surface area contributed by atoms with Gasteiger partial charge in [-0.2, -0.15) is 11.3 Å². The van der Waals surface area contributed by atoms with E-state index in [9.17, 15) is 4.79 Å². The Balaban J connectivity index is 1.71. The number of aryl methyl sites for hydroxylation is 1. The molecule has 104 valence electrons. The summed E-state index contributed by atoms with van der Waals surface area (Å²) in [5, 5.41) is 7.21. The lowest BCUT2D eigenvalue weighted by molar-refractivity contribution is 0.207. The van der Waals surface area contributed by atoms with Gasteiger partial charge < -0.3 is 10.2 Å². The summed E-state index contributed by atoms with van der Waals surface area (Å²) in [6.07, 6.45) is 2.12. The zero-order valence-electron chi connectivity index (χ0n) is 11.5. The summed E-state index contributed by atoms with van der Waals surface area (Å²) in [5.41, 5.74) is 3.31. The lowest BCUT2D eigenvalue weighted by atomic mass is 10.1. The summed E-state index contributed by atoms with van der Waals surface area (Å²) in [6.45, 7) is 2.87. The fourth-order valence-electron chi connectivity index (χ4n) is 2.65. The number of nitrogens with zero attached hydrogens (tertiary/aromatic N) is 1. The van der Waals surface area contributed by atoms with Crippen molar-refractivity contribution in [3.05, 3.63) is 52.2 Å². The topological polar surface area (TPSA) is 32.3 Å². The van der Waals surface area contributed by atoms with E-state index in [1.807, 2.05) is 36.1 Å². The van der Waals surface area contributed by atoms with E-state index in [4.69, 9.17) is 0 Å². The molecule has 1 fully saturated rings. The first kappa shape index (κ1) is 13.2. The third-order valence-electron chi connectivity index (χ3n) is 3.74. The molecule has 1 aliphatic rings. The van der Waals surface area contributed by atoms with Crippen LogP contribution in [0, 0.1) is 6.92 Å². The van der Waals surface area contributed by atoms with Gasteiger partial charge in [0.2, 0.25) is 0 Å². The normalized spacial score (nSPS) is 18.2. The summed E-state index contributed by atoms with van der Waals surface area (Å²) >= 11 is 1.69. The van der Waals surface area contributed by atoms with Crippen molar-refractivity contribution in [3.8, 4) is 0 Å². The molecule has 1 aliphatic heterocycles. The van der Waals surface area contributed by atoms with Crippen LogP contribution < -0.4 is 5.32 Å². The molecule has 0 saturated carbocycles. The van der Waals surface area contributed by atoms with E-state index in [1.54, 1.807) is 11.3 Å². The van der Waals surface area contributed by atoms with E-state index in [1.165, 1.54) is 11.1 Å². The molecular formula is C16H18N2OS. The largest absolute Gasteiger partial charge is 0.322 e. The molecule has 0 spiro atoms. The van der Waals surface area contributed by atoms with Crippen LogP contribution in [-0.4, -0.2) is 17.5 Å². The number of amides is 2. The van der Waals surface area contributed by atoms with Crippen LogP contribution in [0.2, 0.25) is 0 Å². The van der Waals surface area contributed by atoms with Gasteiger partial charge in [-0.3, -0.25) is 0 Å². The van der Waals surface area contributed by atoms with Crippen LogP contribution in [0.3, 0.4) is 0 Å². The number of likely N-dealkylation sites (tertiary alicyclic amines) is 1. The maximum Gasteiger partial charge on any atom is 0.322 e. The molecule has 1 aromatic carbocycles. The fraction of sp³-hybridized carbons (Fsp3) is 0.312. The van der Waals surface area contributed by atoms with Crippen molar-refractivity contribution in [2.45, 2.75) is 25.8 Å². The van der Waals surface area contributed by atoms with E-state index in [-0.39, 0.29) is 12.1 Å². The van der Waals surface area contributed by atoms with Gasteiger partial charge in [0.05, 0.1) is 6.04 Å². The van der Waals surface area contributed by atoms with Crippen molar-refractivity contribution >= 4 is 23.1 Å². The number of rotatable bonds is 2. The van der Waals surface area contributed by atoms with Crippen LogP contribution in [0.25, 0.3) is 0 Å². The van der Waals surface area contributed by atoms with Gasteiger partial charge in [-0.1, -0.05) is 17.7 Å². The Morgan fingerprint density at radius 2 is 2.10 bits per heavy atom. The number of benzene rings is 1. The Morgan fingerprint density at radius 3 is 2.80 bits per heavy atom. The molecule has 1 atom stereocenters. The summed E-state index contributed by atoms with van der Waals surface area (Å²) in [7, 11) is 0. The molecular weight excluding hydrogens is 268 g/mol. The smallest absolute Gasteiger partial charge is 0.317 e. The number of hydrogen-bond acceptors (Lipinski definition) is 2. The number of anilines is 1. The highest BCUT2D eigenvalue weighted by molar-refractivity contribution is 7.07. The molecule has 1 saturated heterocycles. The summed E-state index contributed by atoms with van der Waals surface area (Å²) in [5.74, 6) is 0. The van der Waals surface area contributed by atoms with Crippen LogP contribution in [0.1, 0.15) is 30.0 Å². The van der Waals surface area contributed by atoms with Crippen molar-refractivity contribution in [1.29, 1.82) is 0 Å². The lowest BCUT2D eigenvalue weighted by Crippen LogP contribution is -2.34. The Hall–Kier alpha value is -1.81. The number of thiophene rings is 1. The van der Waals surface area contributed by atoms with Crippen LogP contribution >= 0.6 is 11.3 Å². The van der Waals surface area contributed by atoms with Gasteiger partial charge in [0, 0.05) is 12.2 Å². The molecule has 0 radical (unpaired) electrons. The second kappa shape index (κ2) is 5.67. The molecule has 2 amide bonds. The van der Waals surface area contributed by atoms with Crippen molar-refractivity contribution in [1.82, 2.24) is 4.90 Å². The maximum absolute atomic E-state index is 12.4. The number of carbonyl (C=O) groups excluding carboxylic acids is 1. The number of nitrogens with one attached hydrogen (secondary N) is 1. The Kier molecular flexibility index (Phi) is 3.74. The van der Waals surface area contributed by atoms with Gasteiger partial charge in [0.15, 0.2) is 0 Å². The van der Waals surface area contributed by atoms with Crippen molar-refractivity contribution < 1.29 is 4.79 Å². The standard InChI is InChI=1S/C16H18N2OS/c1-12-4-6-14(7-5-12)17-16(19)18-9-2-3-15(18)13-8-10-20-11-13/h4-8,10-11,15H,2-3,9H2,1H3,(H,17,19). The zero-order valence-corrected chi connectivity index (χ0v) is 12.3. The number of hydrogen-bond donors (Lipinski definition) is 1. The molecule has 3 nitrogen and oxygen atoms in total. The third-order valence-corrected chi connectivity index (χ3v) is 4.45. The first-order valence-electron chi connectivity index (χ1n) is 6.90. The average Bonchev–Trinajstić information content (AvgIpc) is 3.11. The van der Waals surface area contributed by atoms with Gasteiger partial charge in [0.1, 0.15) is 0 Å². The fourth-order valence-corrected chi connectivity index (χ4v) is 3.36. The SMILES string of the molecule is Cc1ccc(NC(=O)N2CCCC2c2ccsc2)cc1. The molecule has 20 heavy (non-hydrogen) atoms. The Bertz CT molecular complexity index is 577. The van der Waals surface area contributed by atoms with Crippen LogP contribution in [-0.2, 0) is 0 Å². The van der Waals surface area contributed by atoms with E-state index < -0.39 is 0 Å². The first-order chi connectivity index (χ1) is 9.74. The predicted octanol–water partition coefficient (Wildman–Crippen LogP) is 4.43. The van der Waals surface area contributed by atoms with E-state index >= 15 is 0 Å². The number of carbonyl (C=O) groups is 1. The lowest BCUT2D eigenvalue weighted by Gasteiger charge is -2.24. The summed E-state index contributed by atoms with van der Waals surface area (Å²) in [6, 6.07) is 10.3. The van der Waals surface area contributed by atoms with Crippen LogP contribution in [0.15, 0.2) is 41.1 Å². The second-order valence-corrected chi connectivity index (χ2v) is 5.98. The molecule has 4 heteroatoms. The van der Waals surface area contributed by atoms with Crippen LogP contribution in [0.4, 0.5) is 10.5 Å². The second-order valence-electron chi connectivity index (χ2n) is 5.20. The molecule has 0 bridgehead atoms. The quantitative estimate of drug-likeness (QED) is 0.870. The monoisotopic (exact) mass is 286 g/mol. The Morgan fingerprint density at radius 1 is 1.30 bits per heavy atom. The van der Waals surface area contributed by atoms with Gasteiger partial charge in [-0.05, 0) is 54.3 Å². The van der Waals surface area contributed by atoms with E-state index in [2.05, 4.69) is 22.1 Å². The van der Waals surface area contributed by atoms with Crippen molar-refractivity contribution in [2.75, 3.05) is 11.9 Å². The van der Waals surface area contributed by atoms with Gasteiger partial charge >= 0.3 is 6.03 Å². The molecule has 3 rings (SSSR count).